The van der Waals surface area contributed by atoms with E-state index in [1.165, 1.54) is 13.2 Å². The molecule has 1 atom stereocenters. The second-order valence-electron chi connectivity index (χ2n) is 4.37. The van der Waals surface area contributed by atoms with Gasteiger partial charge >= 0.3 is 0 Å². The molecule has 2 N–H and O–H groups in total. The Morgan fingerprint density at radius 3 is 2.30 bits per heavy atom. The maximum Gasteiger partial charge on any atom is 0.165 e. The van der Waals surface area contributed by atoms with Gasteiger partial charge in [0.05, 0.1) is 19.8 Å². The van der Waals surface area contributed by atoms with Crippen LogP contribution in [0.15, 0.2) is 42.5 Å². The van der Waals surface area contributed by atoms with Gasteiger partial charge in [-0.1, -0.05) is 18.2 Å². The lowest BCUT2D eigenvalue weighted by Crippen LogP contribution is -2.12. The fourth-order valence-electron chi connectivity index (χ4n) is 2.01. The molecular formula is C16H18FNO2. The van der Waals surface area contributed by atoms with Gasteiger partial charge in [0.15, 0.2) is 11.6 Å². The van der Waals surface area contributed by atoms with E-state index in [2.05, 4.69) is 0 Å². The molecule has 0 fully saturated rings. The van der Waals surface area contributed by atoms with Crippen molar-refractivity contribution in [1.82, 2.24) is 0 Å². The third-order valence-electron chi connectivity index (χ3n) is 3.09. The van der Waals surface area contributed by atoms with Crippen LogP contribution in [-0.4, -0.2) is 13.7 Å². The maximum atomic E-state index is 13.7. The quantitative estimate of drug-likeness (QED) is 0.910. The molecule has 0 heterocycles. The normalized spacial score (nSPS) is 12.0. The van der Waals surface area contributed by atoms with Gasteiger partial charge in [0.25, 0.3) is 0 Å². The lowest BCUT2D eigenvalue weighted by Gasteiger charge is -2.14. The van der Waals surface area contributed by atoms with Crippen LogP contribution in [0, 0.1) is 5.82 Å². The van der Waals surface area contributed by atoms with Crippen LogP contribution in [0.25, 0.3) is 0 Å². The molecule has 0 aliphatic heterocycles. The molecule has 0 aliphatic carbocycles. The molecule has 0 spiro atoms. The topological polar surface area (TPSA) is 44.5 Å². The minimum absolute atomic E-state index is 0.215. The molecule has 0 amide bonds. The molecule has 0 radical (unpaired) electrons. The summed E-state index contributed by atoms with van der Waals surface area (Å²) in [5, 5.41) is 0. The Hall–Kier alpha value is -2.07. The van der Waals surface area contributed by atoms with E-state index in [0.29, 0.717) is 12.2 Å². The summed E-state index contributed by atoms with van der Waals surface area (Å²) < 4.78 is 24.0. The summed E-state index contributed by atoms with van der Waals surface area (Å²) in [4.78, 5) is 0. The van der Waals surface area contributed by atoms with Crippen LogP contribution in [0.2, 0.25) is 0 Å². The number of hydrogen-bond donors (Lipinski definition) is 1. The van der Waals surface area contributed by atoms with Gasteiger partial charge in [0.1, 0.15) is 5.75 Å². The van der Waals surface area contributed by atoms with E-state index in [4.69, 9.17) is 15.2 Å². The van der Waals surface area contributed by atoms with Crippen molar-refractivity contribution < 1.29 is 13.9 Å². The Kier molecular flexibility index (Phi) is 4.58. The molecule has 20 heavy (non-hydrogen) atoms. The van der Waals surface area contributed by atoms with E-state index in [0.717, 1.165) is 11.3 Å². The molecule has 0 bridgehead atoms. The number of methoxy groups -OCH3 is 1. The average molecular weight is 275 g/mol. The maximum absolute atomic E-state index is 13.7. The highest BCUT2D eigenvalue weighted by Gasteiger charge is 2.12. The van der Waals surface area contributed by atoms with Crippen molar-refractivity contribution in [2.75, 3.05) is 13.7 Å². The van der Waals surface area contributed by atoms with Crippen LogP contribution in [0.5, 0.6) is 11.5 Å². The highest BCUT2D eigenvalue weighted by atomic mass is 19.1. The predicted octanol–water partition coefficient (Wildman–Crippen LogP) is 3.28. The Labute approximate surface area is 118 Å². The van der Waals surface area contributed by atoms with Crippen molar-refractivity contribution in [1.29, 1.82) is 0 Å². The summed E-state index contributed by atoms with van der Waals surface area (Å²) in [5.41, 5.74) is 7.75. The molecule has 0 aromatic heterocycles. The second-order valence-corrected chi connectivity index (χ2v) is 4.37. The smallest absolute Gasteiger partial charge is 0.165 e. The van der Waals surface area contributed by atoms with Crippen LogP contribution < -0.4 is 15.2 Å². The molecule has 0 saturated carbocycles. The van der Waals surface area contributed by atoms with Crippen LogP contribution in [0.1, 0.15) is 24.1 Å². The van der Waals surface area contributed by atoms with Crippen molar-refractivity contribution in [3.63, 3.8) is 0 Å². The molecular weight excluding hydrogens is 257 g/mol. The van der Waals surface area contributed by atoms with Gasteiger partial charge in [-0.3, -0.25) is 0 Å². The summed E-state index contributed by atoms with van der Waals surface area (Å²) >= 11 is 0. The zero-order valence-corrected chi connectivity index (χ0v) is 11.6. The van der Waals surface area contributed by atoms with Gasteiger partial charge in [-0.2, -0.15) is 0 Å². The zero-order valence-electron chi connectivity index (χ0n) is 11.6. The zero-order chi connectivity index (χ0) is 14.5. The van der Waals surface area contributed by atoms with Crippen LogP contribution in [-0.2, 0) is 0 Å². The van der Waals surface area contributed by atoms with Gasteiger partial charge in [-0.15, -0.1) is 0 Å². The second kappa shape index (κ2) is 6.39. The summed E-state index contributed by atoms with van der Waals surface area (Å²) in [5.74, 6) is 0.600. The molecule has 3 nitrogen and oxygen atoms in total. The first-order valence-electron chi connectivity index (χ1n) is 6.47. The Morgan fingerprint density at radius 2 is 1.75 bits per heavy atom. The van der Waals surface area contributed by atoms with Gasteiger partial charge in [0.2, 0.25) is 0 Å². The molecule has 0 aliphatic rings. The van der Waals surface area contributed by atoms with Crippen molar-refractivity contribution in [3.05, 3.63) is 59.4 Å². The van der Waals surface area contributed by atoms with E-state index < -0.39 is 5.82 Å². The fraction of sp³-hybridized carbons (Fsp3) is 0.250. The minimum Gasteiger partial charge on any atom is -0.494 e. The molecule has 106 valence electrons. The molecule has 2 rings (SSSR count). The molecule has 2 aromatic carbocycles. The van der Waals surface area contributed by atoms with E-state index in [1.807, 2.05) is 31.2 Å². The summed E-state index contributed by atoms with van der Waals surface area (Å²) in [6, 6.07) is 11.9. The van der Waals surface area contributed by atoms with Crippen molar-refractivity contribution in [2.24, 2.45) is 5.73 Å². The van der Waals surface area contributed by atoms with Crippen LogP contribution in [0.3, 0.4) is 0 Å². The van der Waals surface area contributed by atoms with Gasteiger partial charge in [-0.05, 0) is 42.3 Å². The number of ether oxygens (including phenoxy) is 2. The van der Waals surface area contributed by atoms with E-state index >= 15 is 0 Å². The molecule has 4 heteroatoms. The SMILES string of the molecule is CCOc1ccc(C(N)c2ccc(OC)c(F)c2)cc1. The number of rotatable bonds is 5. The van der Waals surface area contributed by atoms with E-state index in [1.54, 1.807) is 12.1 Å². The summed E-state index contributed by atoms with van der Waals surface area (Å²) in [7, 11) is 1.43. The van der Waals surface area contributed by atoms with Crippen LogP contribution in [0.4, 0.5) is 4.39 Å². The first kappa shape index (κ1) is 14.3. The molecule has 0 saturated heterocycles. The van der Waals surface area contributed by atoms with Crippen molar-refractivity contribution in [2.45, 2.75) is 13.0 Å². The van der Waals surface area contributed by atoms with Gasteiger partial charge in [-0.25, -0.2) is 4.39 Å². The Bertz CT molecular complexity index is 569. The lowest BCUT2D eigenvalue weighted by molar-refractivity contribution is 0.340. The van der Waals surface area contributed by atoms with Gasteiger partial charge < -0.3 is 15.2 Å². The van der Waals surface area contributed by atoms with E-state index in [-0.39, 0.29) is 11.8 Å². The van der Waals surface area contributed by atoms with Crippen molar-refractivity contribution >= 4 is 0 Å². The number of halogens is 1. The average Bonchev–Trinajstić information content (AvgIpc) is 2.47. The highest BCUT2D eigenvalue weighted by Crippen LogP contribution is 2.25. The molecule has 2 aromatic rings. The first-order chi connectivity index (χ1) is 9.65. The largest absolute Gasteiger partial charge is 0.494 e. The molecule has 1 unspecified atom stereocenters. The third kappa shape index (κ3) is 3.08. The number of hydrogen-bond acceptors (Lipinski definition) is 3. The first-order valence-corrected chi connectivity index (χ1v) is 6.47. The van der Waals surface area contributed by atoms with Gasteiger partial charge in [0, 0.05) is 0 Å². The fourth-order valence-corrected chi connectivity index (χ4v) is 2.01. The summed E-state index contributed by atoms with van der Waals surface area (Å²) in [6.45, 7) is 2.55. The minimum atomic E-state index is -0.411. The third-order valence-corrected chi connectivity index (χ3v) is 3.09. The number of nitrogens with two attached hydrogens (primary N) is 1. The highest BCUT2D eigenvalue weighted by molar-refractivity contribution is 5.38. The summed E-state index contributed by atoms with van der Waals surface area (Å²) in [6.07, 6.45) is 0. The predicted molar refractivity (Wildman–Crippen MR) is 76.6 cm³/mol. The monoisotopic (exact) mass is 275 g/mol. The van der Waals surface area contributed by atoms with E-state index in [9.17, 15) is 4.39 Å². The Balaban J connectivity index is 2.21. The Morgan fingerprint density at radius 1 is 1.10 bits per heavy atom. The number of benzene rings is 2. The lowest BCUT2D eigenvalue weighted by atomic mass is 9.99. The van der Waals surface area contributed by atoms with Crippen LogP contribution >= 0.6 is 0 Å². The standard InChI is InChI=1S/C16H18FNO2/c1-3-20-13-7-4-11(5-8-13)16(18)12-6-9-15(19-2)14(17)10-12/h4-10,16H,3,18H2,1-2H3. The van der Waals surface area contributed by atoms with Crippen molar-refractivity contribution in [3.8, 4) is 11.5 Å².